The lowest BCUT2D eigenvalue weighted by Gasteiger charge is -2.21. The van der Waals surface area contributed by atoms with Crippen molar-refractivity contribution in [1.82, 2.24) is 4.57 Å². The zero-order chi connectivity index (χ0) is 12.0. The van der Waals surface area contributed by atoms with Gasteiger partial charge in [0, 0.05) is 35.6 Å². The number of aromatic nitrogens is 1. The van der Waals surface area contributed by atoms with E-state index in [2.05, 4.69) is 42.1 Å². The Kier molecular flexibility index (Phi) is 2.28. The maximum atomic E-state index is 6.43. The summed E-state index contributed by atoms with van der Waals surface area (Å²) in [7, 11) is 2.07. The van der Waals surface area contributed by atoms with Gasteiger partial charge >= 0.3 is 0 Å². The Hall–Kier alpha value is -1.32. The molecule has 0 aliphatic heterocycles. The van der Waals surface area contributed by atoms with Crippen molar-refractivity contribution < 1.29 is 0 Å². The molecule has 4 N–H and O–H groups in total. The van der Waals surface area contributed by atoms with Crippen LogP contribution in [-0.4, -0.2) is 11.1 Å². The molecule has 1 aliphatic rings. The van der Waals surface area contributed by atoms with Crippen molar-refractivity contribution in [3.05, 3.63) is 36.0 Å². The largest absolute Gasteiger partial charge is 0.350 e. The average molecular weight is 229 g/mol. The van der Waals surface area contributed by atoms with Gasteiger partial charge in [0.05, 0.1) is 0 Å². The number of fused-ring (bicyclic) bond motifs is 1. The number of benzene rings is 1. The number of hydrogen-bond acceptors (Lipinski definition) is 2. The summed E-state index contributed by atoms with van der Waals surface area (Å²) >= 11 is 0. The minimum atomic E-state index is 0.0681. The molecule has 2 aromatic rings. The van der Waals surface area contributed by atoms with Crippen molar-refractivity contribution in [1.29, 1.82) is 0 Å². The molecule has 0 amide bonds. The van der Waals surface area contributed by atoms with Crippen molar-refractivity contribution in [2.75, 3.05) is 6.54 Å². The monoisotopic (exact) mass is 229 g/mol. The van der Waals surface area contributed by atoms with Gasteiger partial charge < -0.3 is 16.0 Å². The molecule has 17 heavy (non-hydrogen) atoms. The Morgan fingerprint density at radius 2 is 2.06 bits per heavy atom. The summed E-state index contributed by atoms with van der Waals surface area (Å²) in [5, 5.41) is 1.27. The van der Waals surface area contributed by atoms with Gasteiger partial charge in [-0.05, 0) is 31.0 Å². The van der Waals surface area contributed by atoms with E-state index in [1.807, 2.05) is 0 Å². The van der Waals surface area contributed by atoms with E-state index in [1.54, 1.807) is 0 Å². The summed E-state index contributed by atoms with van der Waals surface area (Å²) in [6, 6.07) is 8.48. The Morgan fingerprint density at radius 3 is 2.71 bits per heavy atom. The van der Waals surface area contributed by atoms with E-state index in [-0.39, 0.29) is 11.5 Å². The molecule has 1 unspecified atom stereocenters. The molecule has 1 aliphatic carbocycles. The van der Waals surface area contributed by atoms with Gasteiger partial charge in [-0.1, -0.05) is 18.2 Å². The fourth-order valence-electron chi connectivity index (χ4n) is 2.75. The Bertz CT molecular complexity index is 552. The van der Waals surface area contributed by atoms with Gasteiger partial charge in [0.1, 0.15) is 0 Å². The Balaban J connectivity index is 2.12. The van der Waals surface area contributed by atoms with Crippen LogP contribution in [-0.2, 0) is 7.05 Å². The van der Waals surface area contributed by atoms with E-state index >= 15 is 0 Å². The lowest BCUT2D eigenvalue weighted by molar-refractivity contribution is 0.421. The molecule has 0 spiro atoms. The van der Waals surface area contributed by atoms with Crippen molar-refractivity contribution >= 4 is 10.9 Å². The predicted octanol–water partition coefficient (Wildman–Crippen LogP) is 1.92. The SMILES string of the molecule is Cn1cc(C(N)C2(CN)CC2)c2ccccc21. The van der Waals surface area contributed by atoms with Gasteiger partial charge in [0.2, 0.25) is 0 Å². The van der Waals surface area contributed by atoms with Crippen LogP contribution in [0.3, 0.4) is 0 Å². The van der Waals surface area contributed by atoms with Crippen LogP contribution in [0.4, 0.5) is 0 Å². The molecule has 1 aromatic heterocycles. The predicted molar refractivity (Wildman–Crippen MR) is 70.6 cm³/mol. The molecule has 1 heterocycles. The second-order valence-electron chi connectivity index (χ2n) is 5.26. The lowest BCUT2D eigenvalue weighted by atomic mass is 9.91. The number of hydrogen-bond donors (Lipinski definition) is 2. The molecular formula is C14H19N3. The first-order valence-electron chi connectivity index (χ1n) is 6.17. The van der Waals surface area contributed by atoms with Crippen LogP contribution in [0.5, 0.6) is 0 Å². The van der Waals surface area contributed by atoms with E-state index in [0.29, 0.717) is 6.54 Å². The summed E-state index contributed by atoms with van der Waals surface area (Å²) in [5.74, 6) is 0. The van der Waals surface area contributed by atoms with Crippen molar-refractivity contribution in [2.24, 2.45) is 23.9 Å². The molecule has 3 rings (SSSR count). The van der Waals surface area contributed by atoms with E-state index < -0.39 is 0 Å². The summed E-state index contributed by atoms with van der Waals surface area (Å²) in [6.45, 7) is 0.692. The minimum absolute atomic E-state index is 0.0681. The number of aryl methyl sites for hydroxylation is 1. The van der Waals surface area contributed by atoms with Gasteiger partial charge in [-0.3, -0.25) is 0 Å². The third kappa shape index (κ3) is 1.50. The fraction of sp³-hybridized carbons (Fsp3) is 0.429. The third-order valence-corrected chi connectivity index (χ3v) is 4.22. The average Bonchev–Trinajstić information content (AvgIpc) is 3.10. The van der Waals surface area contributed by atoms with Crippen molar-refractivity contribution in [3.63, 3.8) is 0 Å². The van der Waals surface area contributed by atoms with Crippen LogP contribution in [0.1, 0.15) is 24.4 Å². The van der Waals surface area contributed by atoms with Gasteiger partial charge in [0.15, 0.2) is 0 Å². The smallest absolute Gasteiger partial charge is 0.0481 e. The second kappa shape index (κ2) is 3.59. The zero-order valence-electron chi connectivity index (χ0n) is 10.2. The summed E-state index contributed by atoms with van der Waals surface area (Å²) in [4.78, 5) is 0. The van der Waals surface area contributed by atoms with E-state index in [4.69, 9.17) is 11.5 Å². The quantitative estimate of drug-likeness (QED) is 0.844. The summed E-state index contributed by atoms with van der Waals surface area (Å²) < 4.78 is 2.15. The molecule has 0 bridgehead atoms. The minimum Gasteiger partial charge on any atom is -0.350 e. The van der Waals surface area contributed by atoms with Gasteiger partial charge in [-0.15, -0.1) is 0 Å². The normalized spacial score (nSPS) is 19.5. The van der Waals surface area contributed by atoms with Crippen LogP contribution >= 0.6 is 0 Å². The summed E-state index contributed by atoms with van der Waals surface area (Å²) in [5.41, 5.74) is 14.9. The maximum Gasteiger partial charge on any atom is 0.0481 e. The molecule has 3 nitrogen and oxygen atoms in total. The maximum absolute atomic E-state index is 6.43. The fourth-order valence-corrected chi connectivity index (χ4v) is 2.75. The Labute approximate surface area is 101 Å². The number of rotatable bonds is 3. The molecule has 0 radical (unpaired) electrons. The van der Waals surface area contributed by atoms with Crippen LogP contribution in [0.15, 0.2) is 30.5 Å². The lowest BCUT2D eigenvalue weighted by Crippen LogP contribution is -2.29. The van der Waals surface area contributed by atoms with E-state index in [0.717, 1.165) is 12.8 Å². The highest BCUT2D eigenvalue weighted by molar-refractivity contribution is 5.84. The highest BCUT2D eigenvalue weighted by Crippen LogP contribution is 2.53. The molecule has 1 aromatic carbocycles. The van der Waals surface area contributed by atoms with Crippen LogP contribution in [0, 0.1) is 5.41 Å². The van der Waals surface area contributed by atoms with E-state index in [9.17, 15) is 0 Å². The molecule has 3 heteroatoms. The zero-order valence-corrected chi connectivity index (χ0v) is 10.2. The van der Waals surface area contributed by atoms with Gasteiger partial charge in [0.25, 0.3) is 0 Å². The topological polar surface area (TPSA) is 57.0 Å². The first-order chi connectivity index (χ1) is 8.18. The van der Waals surface area contributed by atoms with Crippen LogP contribution < -0.4 is 11.5 Å². The Morgan fingerprint density at radius 1 is 1.35 bits per heavy atom. The molecule has 1 saturated carbocycles. The van der Waals surface area contributed by atoms with Gasteiger partial charge in [-0.2, -0.15) is 0 Å². The standard InChI is InChI=1S/C14H19N3/c1-17-8-11(10-4-2-3-5-12(10)17)13(16)14(9-15)6-7-14/h2-5,8,13H,6-7,9,15-16H2,1H3. The molecule has 0 saturated heterocycles. The molecule has 1 fully saturated rings. The van der Waals surface area contributed by atoms with Crippen molar-refractivity contribution in [2.45, 2.75) is 18.9 Å². The highest BCUT2D eigenvalue weighted by atomic mass is 14.9. The highest BCUT2D eigenvalue weighted by Gasteiger charge is 2.47. The molecule has 1 atom stereocenters. The first kappa shape index (κ1) is 10.8. The van der Waals surface area contributed by atoms with Crippen molar-refractivity contribution in [3.8, 4) is 0 Å². The summed E-state index contributed by atoms with van der Waals surface area (Å²) in [6.07, 6.45) is 4.48. The third-order valence-electron chi connectivity index (χ3n) is 4.22. The second-order valence-corrected chi connectivity index (χ2v) is 5.26. The number of nitrogens with two attached hydrogens (primary N) is 2. The van der Waals surface area contributed by atoms with Crippen LogP contribution in [0.25, 0.3) is 10.9 Å². The van der Waals surface area contributed by atoms with E-state index in [1.165, 1.54) is 16.5 Å². The van der Waals surface area contributed by atoms with Crippen LogP contribution in [0.2, 0.25) is 0 Å². The molecule has 90 valence electrons. The van der Waals surface area contributed by atoms with Gasteiger partial charge in [-0.25, -0.2) is 0 Å². The number of para-hydroxylation sites is 1. The first-order valence-corrected chi connectivity index (χ1v) is 6.17. The molecular weight excluding hydrogens is 210 g/mol. The number of nitrogens with zero attached hydrogens (tertiary/aromatic N) is 1.